The number of Topliss-reactive ketones (excluding diaryl/α,β-unsaturated/α-hetero) is 1. The van der Waals surface area contributed by atoms with Gasteiger partial charge in [-0.15, -0.1) is 11.3 Å². The standard InChI is InChI=1S/C13H6BrCl2NO2S/c14-8-1-2-11(7(3-8)5-17)19-6-10(18)9-4-12(15)20-13(9)16/h1-4H,6H2. The summed E-state index contributed by atoms with van der Waals surface area (Å²) in [4.78, 5) is 12.0. The van der Waals surface area contributed by atoms with Crippen molar-refractivity contribution in [2.24, 2.45) is 0 Å². The van der Waals surface area contributed by atoms with E-state index in [0.29, 0.717) is 25.5 Å². The molecule has 1 aromatic carbocycles. The van der Waals surface area contributed by atoms with E-state index in [2.05, 4.69) is 15.9 Å². The molecule has 0 fully saturated rings. The van der Waals surface area contributed by atoms with Crippen LogP contribution in [0.25, 0.3) is 0 Å². The van der Waals surface area contributed by atoms with Crippen molar-refractivity contribution in [3.63, 3.8) is 0 Å². The number of ether oxygens (including phenoxy) is 1. The highest BCUT2D eigenvalue weighted by Crippen LogP contribution is 2.31. The van der Waals surface area contributed by atoms with E-state index in [1.807, 2.05) is 6.07 Å². The Hall–Kier alpha value is -1.06. The van der Waals surface area contributed by atoms with Gasteiger partial charge in [-0.3, -0.25) is 4.79 Å². The van der Waals surface area contributed by atoms with Crippen LogP contribution in [0.2, 0.25) is 8.67 Å². The number of rotatable bonds is 4. The first kappa shape index (κ1) is 15.3. The molecule has 2 aromatic rings. The van der Waals surface area contributed by atoms with E-state index in [0.717, 1.165) is 15.8 Å². The molecule has 3 nitrogen and oxygen atoms in total. The minimum absolute atomic E-state index is 0.205. The molecular formula is C13H6BrCl2NO2S. The van der Waals surface area contributed by atoms with Gasteiger partial charge >= 0.3 is 0 Å². The predicted octanol–water partition coefficient (Wildman–Crippen LogP) is 4.95. The average molecular weight is 391 g/mol. The van der Waals surface area contributed by atoms with Crippen molar-refractivity contribution in [2.75, 3.05) is 6.61 Å². The molecule has 0 amide bonds. The summed E-state index contributed by atoms with van der Waals surface area (Å²) in [6.07, 6.45) is 0. The molecule has 0 aliphatic rings. The molecule has 0 aliphatic carbocycles. The number of carbonyl (C=O) groups excluding carboxylic acids is 1. The summed E-state index contributed by atoms with van der Waals surface area (Å²) in [6.45, 7) is -0.205. The van der Waals surface area contributed by atoms with Crippen molar-refractivity contribution in [1.29, 1.82) is 5.26 Å². The quantitative estimate of drug-likeness (QED) is 0.694. The highest BCUT2D eigenvalue weighted by atomic mass is 79.9. The molecule has 1 aromatic heterocycles. The van der Waals surface area contributed by atoms with Crippen molar-refractivity contribution in [2.45, 2.75) is 0 Å². The van der Waals surface area contributed by atoms with Crippen LogP contribution in [0.5, 0.6) is 5.75 Å². The molecule has 102 valence electrons. The normalized spacial score (nSPS) is 10.1. The van der Waals surface area contributed by atoms with Crippen LogP contribution in [0, 0.1) is 11.3 Å². The zero-order valence-electron chi connectivity index (χ0n) is 9.82. The van der Waals surface area contributed by atoms with Crippen molar-refractivity contribution >= 4 is 56.3 Å². The van der Waals surface area contributed by atoms with Gasteiger partial charge in [0.05, 0.1) is 15.5 Å². The zero-order valence-corrected chi connectivity index (χ0v) is 13.7. The van der Waals surface area contributed by atoms with Crippen LogP contribution in [0.1, 0.15) is 15.9 Å². The van der Waals surface area contributed by atoms with E-state index in [1.165, 1.54) is 6.07 Å². The Morgan fingerprint density at radius 3 is 2.75 bits per heavy atom. The highest BCUT2D eigenvalue weighted by Gasteiger charge is 2.15. The minimum Gasteiger partial charge on any atom is -0.484 e. The number of halogens is 3. The minimum atomic E-state index is -0.287. The van der Waals surface area contributed by atoms with Gasteiger partial charge in [0.2, 0.25) is 5.78 Å². The molecule has 0 saturated heterocycles. The molecule has 0 atom stereocenters. The molecule has 0 N–H and O–H groups in total. The maximum atomic E-state index is 12.0. The molecule has 0 bridgehead atoms. The van der Waals surface area contributed by atoms with Crippen LogP contribution in [0.3, 0.4) is 0 Å². The largest absolute Gasteiger partial charge is 0.484 e. The third-order valence-corrected chi connectivity index (χ3v) is 4.36. The molecule has 7 heteroatoms. The van der Waals surface area contributed by atoms with Crippen LogP contribution in [-0.2, 0) is 0 Å². The maximum Gasteiger partial charge on any atom is 0.202 e. The molecule has 0 saturated carbocycles. The number of thiophene rings is 1. The fourth-order valence-electron chi connectivity index (χ4n) is 1.47. The lowest BCUT2D eigenvalue weighted by atomic mass is 10.2. The van der Waals surface area contributed by atoms with Crippen molar-refractivity contribution in [3.8, 4) is 11.8 Å². The zero-order chi connectivity index (χ0) is 14.7. The molecule has 0 unspecified atom stereocenters. The van der Waals surface area contributed by atoms with E-state index in [-0.39, 0.29) is 12.4 Å². The van der Waals surface area contributed by atoms with Gasteiger partial charge in [-0.05, 0) is 24.3 Å². The Kier molecular flexibility index (Phi) is 5.06. The van der Waals surface area contributed by atoms with Gasteiger partial charge < -0.3 is 4.74 Å². The van der Waals surface area contributed by atoms with Gasteiger partial charge in [0.1, 0.15) is 16.2 Å². The van der Waals surface area contributed by atoms with Crippen LogP contribution in [-0.4, -0.2) is 12.4 Å². The van der Waals surface area contributed by atoms with Crippen LogP contribution in [0.15, 0.2) is 28.7 Å². The number of carbonyl (C=O) groups is 1. The molecule has 20 heavy (non-hydrogen) atoms. The maximum absolute atomic E-state index is 12.0. The summed E-state index contributed by atoms with van der Waals surface area (Å²) in [6, 6.07) is 8.48. The van der Waals surface area contributed by atoms with Crippen molar-refractivity contribution < 1.29 is 9.53 Å². The number of benzene rings is 1. The van der Waals surface area contributed by atoms with E-state index < -0.39 is 0 Å². The number of nitrogens with zero attached hydrogens (tertiary/aromatic N) is 1. The summed E-state index contributed by atoms with van der Waals surface area (Å²) < 4.78 is 6.92. The van der Waals surface area contributed by atoms with Crippen molar-refractivity contribution in [3.05, 3.63) is 48.5 Å². The SMILES string of the molecule is N#Cc1cc(Br)ccc1OCC(=O)c1cc(Cl)sc1Cl. The summed E-state index contributed by atoms with van der Waals surface area (Å²) in [5, 5.41) is 9.00. The molecule has 1 heterocycles. The number of hydrogen-bond acceptors (Lipinski definition) is 4. The lowest BCUT2D eigenvalue weighted by molar-refractivity contribution is 0.0922. The van der Waals surface area contributed by atoms with E-state index in [4.69, 9.17) is 33.2 Å². The lowest BCUT2D eigenvalue weighted by Crippen LogP contribution is -2.11. The van der Waals surface area contributed by atoms with Crippen LogP contribution >= 0.6 is 50.5 Å². The smallest absolute Gasteiger partial charge is 0.202 e. The van der Waals surface area contributed by atoms with Crippen LogP contribution < -0.4 is 4.74 Å². The molecular weight excluding hydrogens is 385 g/mol. The second-order valence-corrected chi connectivity index (χ2v) is 6.90. The fraction of sp³-hybridized carbons (Fsp3) is 0.0769. The molecule has 0 spiro atoms. The highest BCUT2D eigenvalue weighted by molar-refractivity contribution is 9.10. The fourth-order valence-corrected chi connectivity index (χ4v) is 3.33. The Morgan fingerprint density at radius 2 is 2.15 bits per heavy atom. The van der Waals surface area contributed by atoms with Crippen LogP contribution in [0.4, 0.5) is 0 Å². The van der Waals surface area contributed by atoms with Gasteiger partial charge in [-0.2, -0.15) is 5.26 Å². The number of hydrogen-bond donors (Lipinski definition) is 0. The summed E-state index contributed by atoms with van der Waals surface area (Å²) in [5.74, 6) is 0.0615. The Balaban J connectivity index is 2.11. The molecule has 2 rings (SSSR count). The number of ketones is 1. The third-order valence-electron chi connectivity index (χ3n) is 2.38. The Labute approximate surface area is 137 Å². The van der Waals surface area contributed by atoms with E-state index in [9.17, 15) is 4.79 Å². The van der Waals surface area contributed by atoms with Gasteiger partial charge in [0.15, 0.2) is 6.61 Å². The average Bonchev–Trinajstić information content (AvgIpc) is 2.76. The first-order chi connectivity index (χ1) is 9.51. The van der Waals surface area contributed by atoms with Gasteiger partial charge in [-0.1, -0.05) is 39.1 Å². The van der Waals surface area contributed by atoms with Crippen molar-refractivity contribution in [1.82, 2.24) is 0 Å². The second-order valence-electron chi connectivity index (χ2n) is 3.70. The molecule has 0 aliphatic heterocycles. The Bertz CT molecular complexity index is 709. The van der Waals surface area contributed by atoms with Gasteiger partial charge in [-0.25, -0.2) is 0 Å². The van der Waals surface area contributed by atoms with Gasteiger partial charge in [0, 0.05) is 4.47 Å². The summed E-state index contributed by atoms with van der Waals surface area (Å²) in [7, 11) is 0. The topological polar surface area (TPSA) is 50.1 Å². The van der Waals surface area contributed by atoms with E-state index >= 15 is 0 Å². The Morgan fingerprint density at radius 1 is 1.40 bits per heavy atom. The first-order valence-electron chi connectivity index (χ1n) is 5.31. The lowest BCUT2D eigenvalue weighted by Gasteiger charge is -2.07. The predicted molar refractivity (Wildman–Crippen MR) is 83.0 cm³/mol. The second kappa shape index (κ2) is 6.59. The monoisotopic (exact) mass is 389 g/mol. The van der Waals surface area contributed by atoms with Gasteiger partial charge in [0.25, 0.3) is 0 Å². The summed E-state index contributed by atoms with van der Waals surface area (Å²) in [5.41, 5.74) is 0.680. The third kappa shape index (κ3) is 3.53. The first-order valence-corrected chi connectivity index (χ1v) is 7.68. The van der Waals surface area contributed by atoms with E-state index in [1.54, 1.807) is 18.2 Å². The summed E-state index contributed by atoms with van der Waals surface area (Å²) >= 11 is 16.1. The number of nitriles is 1. The molecule has 0 radical (unpaired) electrons.